The van der Waals surface area contributed by atoms with Gasteiger partial charge in [-0.2, -0.15) is 0 Å². The number of hydrogen-bond acceptors (Lipinski definition) is 3. The fourth-order valence-corrected chi connectivity index (χ4v) is 1.66. The van der Waals surface area contributed by atoms with Crippen LogP contribution >= 0.6 is 0 Å². The van der Waals surface area contributed by atoms with Crippen molar-refractivity contribution in [3.63, 3.8) is 0 Å². The second kappa shape index (κ2) is 4.77. The fourth-order valence-electron chi connectivity index (χ4n) is 1.66. The molecule has 0 aromatic heterocycles. The Morgan fingerprint density at radius 2 is 2.00 bits per heavy atom. The first-order valence-electron chi connectivity index (χ1n) is 5.01. The summed E-state index contributed by atoms with van der Waals surface area (Å²) < 4.78 is 37.4. The van der Waals surface area contributed by atoms with Crippen LogP contribution in [-0.4, -0.2) is 24.3 Å². The van der Waals surface area contributed by atoms with Gasteiger partial charge in [-0.05, 0) is 11.6 Å². The van der Waals surface area contributed by atoms with Crippen LogP contribution in [0.15, 0.2) is 12.1 Å². The lowest BCUT2D eigenvalue weighted by atomic mass is 10.1. The maximum Gasteiger partial charge on any atom is 0.307 e. The number of hydrogen-bond donors (Lipinski definition) is 1. The summed E-state index contributed by atoms with van der Waals surface area (Å²) in [5.41, 5.74) is -0.450. The van der Waals surface area contributed by atoms with Crippen molar-refractivity contribution < 1.29 is 28.2 Å². The molecule has 1 aromatic rings. The molecule has 1 N–H and O–H groups in total. The van der Waals surface area contributed by atoms with Crippen molar-refractivity contribution >= 4 is 5.97 Å². The van der Waals surface area contributed by atoms with E-state index < -0.39 is 30.3 Å². The topological polar surface area (TPSA) is 55.8 Å². The van der Waals surface area contributed by atoms with E-state index in [9.17, 15) is 13.6 Å². The van der Waals surface area contributed by atoms with E-state index in [2.05, 4.69) is 0 Å². The van der Waals surface area contributed by atoms with Crippen molar-refractivity contribution in [1.29, 1.82) is 0 Å². The highest BCUT2D eigenvalue weighted by atomic mass is 19.1. The summed E-state index contributed by atoms with van der Waals surface area (Å²) in [6.07, 6.45) is -1.60. The quantitative estimate of drug-likeness (QED) is 0.878. The molecule has 1 heterocycles. The first-order valence-corrected chi connectivity index (χ1v) is 5.01. The predicted molar refractivity (Wildman–Crippen MR) is 52.3 cm³/mol. The molecule has 0 amide bonds. The van der Waals surface area contributed by atoms with Crippen LogP contribution < -0.4 is 0 Å². The van der Waals surface area contributed by atoms with E-state index in [-0.39, 0.29) is 24.3 Å². The number of rotatable bonds is 3. The minimum Gasteiger partial charge on any atom is -0.481 e. The van der Waals surface area contributed by atoms with Crippen molar-refractivity contribution in [2.75, 3.05) is 13.2 Å². The van der Waals surface area contributed by atoms with Crippen LogP contribution in [-0.2, 0) is 20.7 Å². The van der Waals surface area contributed by atoms with Crippen LogP contribution in [0.25, 0.3) is 0 Å². The van der Waals surface area contributed by atoms with Gasteiger partial charge in [0.1, 0.15) is 11.6 Å². The highest BCUT2D eigenvalue weighted by molar-refractivity contribution is 5.70. The third-order valence-corrected chi connectivity index (χ3v) is 2.41. The third kappa shape index (κ3) is 2.42. The van der Waals surface area contributed by atoms with Crippen LogP contribution in [0.3, 0.4) is 0 Å². The molecule has 17 heavy (non-hydrogen) atoms. The monoisotopic (exact) mass is 244 g/mol. The number of carboxylic acids is 1. The van der Waals surface area contributed by atoms with Crippen molar-refractivity contribution in [3.8, 4) is 0 Å². The number of benzene rings is 1. The maximum atomic E-state index is 13.9. The normalized spacial score (nSPS) is 16.4. The second-order valence-corrected chi connectivity index (χ2v) is 3.58. The summed E-state index contributed by atoms with van der Waals surface area (Å²) in [4.78, 5) is 10.5. The summed E-state index contributed by atoms with van der Waals surface area (Å²) in [6, 6.07) is 2.12. The first kappa shape index (κ1) is 11.9. The number of carbonyl (C=O) groups is 1. The molecule has 0 saturated carbocycles. The van der Waals surface area contributed by atoms with E-state index in [1.54, 1.807) is 0 Å². The van der Waals surface area contributed by atoms with Gasteiger partial charge in [-0.25, -0.2) is 8.78 Å². The van der Waals surface area contributed by atoms with Crippen molar-refractivity contribution in [2.45, 2.75) is 12.7 Å². The molecule has 0 spiro atoms. The largest absolute Gasteiger partial charge is 0.481 e. The SMILES string of the molecule is O=C(O)Cc1ccc(F)c(C2OCCO2)c1F. The van der Waals surface area contributed by atoms with Gasteiger partial charge in [0.2, 0.25) is 0 Å². The average Bonchev–Trinajstić information content (AvgIpc) is 2.75. The Kier molecular flexibility index (Phi) is 3.35. The average molecular weight is 244 g/mol. The molecule has 0 aliphatic carbocycles. The molecule has 0 unspecified atom stereocenters. The van der Waals surface area contributed by atoms with E-state index in [0.717, 1.165) is 12.1 Å². The molecule has 0 bridgehead atoms. The minimum absolute atomic E-state index is 0.0898. The van der Waals surface area contributed by atoms with E-state index in [1.807, 2.05) is 0 Å². The second-order valence-electron chi connectivity index (χ2n) is 3.58. The Bertz CT molecular complexity index is 441. The number of aliphatic carboxylic acids is 1. The summed E-state index contributed by atoms with van der Waals surface area (Å²) in [5.74, 6) is -2.91. The molecule has 0 atom stereocenters. The van der Waals surface area contributed by atoms with Gasteiger partial charge in [-0.3, -0.25) is 4.79 Å². The van der Waals surface area contributed by atoms with Crippen LogP contribution in [0.4, 0.5) is 8.78 Å². The fraction of sp³-hybridized carbons (Fsp3) is 0.364. The standard InChI is InChI=1S/C11H10F2O4/c12-7-2-1-6(5-8(14)15)10(13)9(7)11-16-3-4-17-11/h1-2,11H,3-5H2,(H,14,15). The molecule has 92 valence electrons. The van der Waals surface area contributed by atoms with Crippen molar-refractivity contribution in [2.24, 2.45) is 0 Å². The smallest absolute Gasteiger partial charge is 0.307 e. The van der Waals surface area contributed by atoms with Gasteiger partial charge >= 0.3 is 5.97 Å². The number of carboxylic acid groups (broad SMARTS) is 1. The maximum absolute atomic E-state index is 13.9. The molecular weight excluding hydrogens is 234 g/mol. The molecule has 1 aliphatic heterocycles. The van der Waals surface area contributed by atoms with Gasteiger partial charge in [-0.1, -0.05) is 6.07 Å². The molecular formula is C11H10F2O4. The van der Waals surface area contributed by atoms with Gasteiger partial charge in [0.15, 0.2) is 6.29 Å². The van der Waals surface area contributed by atoms with E-state index in [1.165, 1.54) is 0 Å². The highest BCUT2D eigenvalue weighted by Crippen LogP contribution is 2.29. The van der Waals surface area contributed by atoms with Crippen LogP contribution in [0.5, 0.6) is 0 Å². The summed E-state index contributed by atoms with van der Waals surface area (Å²) >= 11 is 0. The zero-order valence-corrected chi connectivity index (χ0v) is 8.78. The van der Waals surface area contributed by atoms with Gasteiger partial charge in [0, 0.05) is 0 Å². The summed E-state index contributed by atoms with van der Waals surface area (Å²) in [7, 11) is 0. The molecule has 0 radical (unpaired) electrons. The van der Waals surface area contributed by atoms with E-state index in [0.29, 0.717) is 0 Å². The number of halogens is 2. The van der Waals surface area contributed by atoms with E-state index in [4.69, 9.17) is 14.6 Å². The van der Waals surface area contributed by atoms with Crippen LogP contribution in [0.2, 0.25) is 0 Å². The lowest BCUT2D eigenvalue weighted by molar-refractivity contribution is -0.136. The highest BCUT2D eigenvalue weighted by Gasteiger charge is 2.27. The Morgan fingerprint density at radius 1 is 1.35 bits per heavy atom. The molecule has 1 fully saturated rings. The molecule has 6 heteroatoms. The Labute approximate surface area is 95.8 Å². The number of ether oxygens (including phenoxy) is 2. The van der Waals surface area contributed by atoms with Gasteiger partial charge in [-0.15, -0.1) is 0 Å². The molecule has 2 rings (SSSR count). The van der Waals surface area contributed by atoms with Gasteiger partial charge in [0.25, 0.3) is 0 Å². The first-order chi connectivity index (χ1) is 8.09. The van der Waals surface area contributed by atoms with Gasteiger partial charge in [0.05, 0.1) is 25.2 Å². The van der Waals surface area contributed by atoms with Crippen molar-refractivity contribution in [1.82, 2.24) is 0 Å². The van der Waals surface area contributed by atoms with Crippen LogP contribution in [0.1, 0.15) is 17.4 Å². The lowest BCUT2D eigenvalue weighted by Crippen LogP contribution is -2.10. The van der Waals surface area contributed by atoms with E-state index >= 15 is 0 Å². The summed E-state index contributed by atoms with van der Waals surface area (Å²) in [6.45, 7) is 0.513. The Balaban J connectivity index is 2.38. The van der Waals surface area contributed by atoms with Crippen molar-refractivity contribution in [3.05, 3.63) is 34.9 Å². The van der Waals surface area contributed by atoms with Gasteiger partial charge < -0.3 is 14.6 Å². The zero-order valence-electron chi connectivity index (χ0n) is 8.78. The Morgan fingerprint density at radius 3 is 2.59 bits per heavy atom. The van der Waals surface area contributed by atoms with Crippen LogP contribution in [0, 0.1) is 11.6 Å². The minimum atomic E-state index is -1.19. The summed E-state index contributed by atoms with van der Waals surface area (Å²) in [5, 5.41) is 8.59. The third-order valence-electron chi connectivity index (χ3n) is 2.41. The molecule has 1 aliphatic rings. The predicted octanol–water partition coefficient (Wildman–Crippen LogP) is 1.64. The Hall–Kier alpha value is -1.53. The molecule has 4 nitrogen and oxygen atoms in total. The molecule has 1 saturated heterocycles. The zero-order chi connectivity index (χ0) is 12.4. The molecule has 1 aromatic carbocycles. The lowest BCUT2D eigenvalue weighted by Gasteiger charge is -2.13.